The van der Waals surface area contributed by atoms with Crippen LogP contribution in [0.5, 0.6) is 0 Å². The second-order valence-corrected chi connectivity index (χ2v) is 6.18. The molecule has 2 N–H and O–H groups in total. The van der Waals surface area contributed by atoms with Gasteiger partial charge in [0.1, 0.15) is 5.69 Å². The summed E-state index contributed by atoms with van der Waals surface area (Å²) in [6, 6.07) is 4.92. The zero-order chi connectivity index (χ0) is 14.5. The van der Waals surface area contributed by atoms with Crippen LogP contribution in [-0.2, 0) is 0 Å². The van der Waals surface area contributed by atoms with Crippen LogP contribution in [0.4, 0.5) is 11.4 Å². The molecule has 110 valence electrons. The van der Waals surface area contributed by atoms with Crippen LogP contribution >= 0.6 is 15.9 Å². The van der Waals surface area contributed by atoms with Crippen molar-refractivity contribution in [2.45, 2.75) is 25.7 Å². The van der Waals surface area contributed by atoms with Crippen LogP contribution in [0.2, 0.25) is 0 Å². The number of aliphatic hydroxyl groups excluding tert-OH is 1. The molecular formula is C14H19BrN2O3. The lowest BCUT2D eigenvalue weighted by molar-refractivity contribution is -0.384. The molecule has 1 fully saturated rings. The third-order valence-electron chi connectivity index (χ3n) is 3.73. The quantitative estimate of drug-likeness (QED) is 0.559. The molecule has 1 aliphatic carbocycles. The van der Waals surface area contributed by atoms with Gasteiger partial charge in [-0.15, -0.1) is 0 Å². The Kier molecular flexibility index (Phi) is 5.37. The third kappa shape index (κ3) is 4.18. The lowest BCUT2D eigenvalue weighted by Gasteiger charge is -2.17. The highest BCUT2D eigenvalue weighted by molar-refractivity contribution is 9.10. The summed E-state index contributed by atoms with van der Waals surface area (Å²) in [6.07, 6.45) is 4.23. The van der Waals surface area contributed by atoms with E-state index in [0.717, 1.165) is 23.9 Å². The zero-order valence-corrected chi connectivity index (χ0v) is 12.8. The SMILES string of the molecule is O=[N+]([O-])c1ccc(Br)cc1NCC(CCCO)C1CC1. The molecule has 0 heterocycles. The van der Waals surface area contributed by atoms with E-state index >= 15 is 0 Å². The average molecular weight is 343 g/mol. The van der Waals surface area contributed by atoms with E-state index in [0.29, 0.717) is 17.5 Å². The molecule has 5 nitrogen and oxygen atoms in total. The fraction of sp³-hybridized carbons (Fsp3) is 0.571. The summed E-state index contributed by atoms with van der Waals surface area (Å²) >= 11 is 3.34. The van der Waals surface area contributed by atoms with E-state index in [-0.39, 0.29) is 17.2 Å². The van der Waals surface area contributed by atoms with E-state index in [1.54, 1.807) is 12.1 Å². The number of anilines is 1. The number of hydrogen-bond donors (Lipinski definition) is 2. The molecule has 1 aliphatic rings. The van der Waals surface area contributed by atoms with E-state index in [4.69, 9.17) is 5.11 Å². The number of nitrogens with zero attached hydrogens (tertiary/aromatic N) is 1. The van der Waals surface area contributed by atoms with Gasteiger partial charge in [0, 0.05) is 23.7 Å². The number of benzene rings is 1. The number of halogens is 1. The Morgan fingerprint density at radius 3 is 2.85 bits per heavy atom. The maximum atomic E-state index is 11.0. The van der Waals surface area contributed by atoms with Crippen LogP contribution in [0.25, 0.3) is 0 Å². The van der Waals surface area contributed by atoms with E-state index in [1.165, 1.54) is 18.9 Å². The van der Waals surface area contributed by atoms with Crippen LogP contribution in [0.3, 0.4) is 0 Å². The Balaban J connectivity index is 2.01. The number of rotatable bonds is 8. The van der Waals surface area contributed by atoms with Gasteiger partial charge in [-0.1, -0.05) is 15.9 Å². The summed E-state index contributed by atoms with van der Waals surface area (Å²) in [5.41, 5.74) is 0.656. The van der Waals surface area contributed by atoms with E-state index in [1.807, 2.05) is 0 Å². The molecule has 0 spiro atoms. The average Bonchev–Trinajstić information content (AvgIpc) is 3.23. The van der Waals surface area contributed by atoms with Crippen molar-refractivity contribution < 1.29 is 10.0 Å². The van der Waals surface area contributed by atoms with E-state index < -0.39 is 0 Å². The van der Waals surface area contributed by atoms with Crippen molar-refractivity contribution >= 4 is 27.3 Å². The summed E-state index contributed by atoms with van der Waals surface area (Å²) in [5, 5.41) is 23.2. The van der Waals surface area contributed by atoms with Gasteiger partial charge in [0.05, 0.1) is 4.92 Å². The van der Waals surface area contributed by atoms with Crippen molar-refractivity contribution in [1.29, 1.82) is 0 Å². The molecular weight excluding hydrogens is 324 g/mol. The van der Waals surface area contributed by atoms with Crippen molar-refractivity contribution in [3.05, 3.63) is 32.8 Å². The van der Waals surface area contributed by atoms with Crippen molar-refractivity contribution in [2.75, 3.05) is 18.5 Å². The first kappa shape index (κ1) is 15.3. The third-order valence-corrected chi connectivity index (χ3v) is 4.22. The Labute approximate surface area is 126 Å². The minimum absolute atomic E-state index is 0.102. The molecule has 1 atom stereocenters. The molecule has 0 aliphatic heterocycles. The largest absolute Gasteiger partial charge is 0.396 e. The van der Waals surface area contributed by atoms with Crippen molar-refractivity contribution in [3.8, 4) is 0 Å². The lowest BCUT2D eigenvalue weighted by atomic mass is 9.97. The van der Waals surface area contributed by atoms with Gasteiger partial charge in [0.25, 0.3) is 5.69 Å². The maximum absolute atomic E-state index is 11.0. The Hall–Kier alpha value is -1.14. The molecule has 1 aromatic rings. The number of nitro groups is 1. The normalized spacial score (nSPS) is 15.9. The van der Waals surface area contributed by atoms with Crippen LogP contribution < -0.4 is 5.32 Å². The Bertz CT molecular complexity index is 477. The molecule has 2 rings (SSSR count). The number of nitrogens with one attached hydrogen (secondary N) is 1. The van der Waals surface area contributed by atoms with Gasteiger partial charge >= 0.3 is 0 Å². The second-order valence-electron chi connectivity index (χ2n) is 5.26. The number of hydrogen-bond acceptors (Lipinski definition) is 4. The van der Waals surface area contributed by atoms with Gasteiger partial charge in [-0.2, -0.15) is 0 Å². The zero-order valence-electron chi connectivity index (χ0n) is 11.2. The first-order chi connectivity index (χ1) is 9.61. The fourth-order valence-corrected chi connectivity index (χ4v) is 2.84. The molecule has 1 unspecified atom stereocenters. The summed E-state index contributed by atoms with van der Waals surface area (Å²) < 4.78 is 0.823. The standard InChI is InChI=1S/C14H19BrN2O3/c15-12-5-6-14(17(19)20)13(8-12)16-9-11(2-1-7-18)10-3-4-10/h5-6,8,10-11,16,18H,1-4,7,9H2. The van der Waals surface area contributed by atoms with Crippen molar-refractivity contribution in [1.82, 2.24) is 0 Å². The number of nitro benzene ring substituents is 1. The van der Waals surface area contributed by atoms with Crippen molar-refractivity contribution in [3.63, 3.8) is 0 Å². The summed E-state index contributed by atoms with van der Waals surface area (Å²) in [5.74, 6) is 1.20. The smallest absolute Gasteiger partial charge is 0.292 e. The van der Waals surface area contributed by atoms with Crippen LogP contribution in [0.15, 0.2) is 22.7 Å². The first-order valence-corrected chi connectivity index (χ1v) is 7.69. The van der Waals surface area contributed by atoms with E-state index in [9.17, 15) is 10.1 Å². The predicted octanol–water partition coefficient (Wildman–Crippen LogP) is 3.57. The van der Waals surface area contributed by atoms with Gasteiger partial charge in [-0.25, -0.2) is 0 Å². The Morgan fingerprint density at radius 2 is 2.25 bits per heavy atom. The lowest BCUT2D eigenvalue weighted by Crippen LogP contribution is -2.17. The highest BCUT2D eigenvalue weighted by atomic mass is 79.9. The molecule has 0 bridgehead atoms. The minimum atomic E-state index is -0.366. The molecule has 0 amide bonds. The van der Waals surface area contributed by atoms with Gasteiger partial charge < -0.3 is 10.4 Å². The molecule has 1 aromatic carbocycles. The molecule has 1 saturated carbocycles. The predicted molar refractivity (Wildman–Crippen MR) is 81.8 cm³/mol. The van der Waals surface area contributed by atoms with Crippen molar-refractivity contribution in [2.24, 2.45) is 11.8 Å². The fourth-order valence-electron chi connectivity index (χ4n) is 2.48. The molecule has 0 aromatic heterocycles. The molecule has 0 radical (unpaired) electrons. The maximum Gasteiger partial charge on any atom is 0.292 e. The van der Waals surface area contributed by atoms with Gasteiger partial charge in [-0.05, 0) is 49.7 Å². The second kappa shape index (κ2) is 7.04. The van der Waals surface area contributed by atoms with Crippen LogP contribution in [0, 0.1) is 22.0 Å². The monoisotopic (exact) mass is 342 g/mol. The molecule has 20 heavy (non-hydrogen) atoms. The van der Waals surface area contributed by atoms with Crippen LogP contribution in [-0.4, -0.2) is 23.2 Å². The van der Waals surface area contributed by atoms with Crippen LogP contribution in [0.1, 0.15) is 25.7 Å². The summed E-state index contributed by atoms with van der Waals surface area (Å²) in [6.45, 7) is 0.933. The molecule has 6 heteroatoms. The van der Waals surface area contributed by atoms with E-state index in [2.05, 4.69) is 21.2 Å². The number of aliphatic hydroxyl groups is 1. The van der Waals surface area contributed by atoms with Gasteiger partial charge in [0.15, 0.2) is 0 Å². The Morgan fingerprint density at radius 1 is 1.50 bits per heavy atom. The topological polar surface area (TPSA) is 75.4 Å². The minimum Gasteiger partial charge on any atom is -0.396 e. The summed E-state index contributed by atoms with van der Waals surface area (Å²) in [7, 11) is 0. The first-order valence-electron chi connectivity index (χ1n) is 6.90. The van der Waals surface area contributed by atoms with Gasteiger partial charge in [0.2, 0.25) is 0 Å². The highest BCUT2D eigenvalue weighted by Gasteiger charge is 2.30. The highest BCUT2D eigenvalue weighted by Crippen LogP contribution is 2.39. The molecule has 0 saturated heterocycles. The summed E-state index contributed by atoms with van der Waals surface area (Å²) in [4.78, 5) is 10.6. The van der Waals surface area contributed by atoms with Gasteiger partial charge in [-0.3, -0.25) is 10.1 Å².